The van der Waals surface area contributed by atoms with Gasteiger partial charge < -0.3 is 14.4 Å². The predicted molar refractivity (Wildman–Crippen MR) is 476 cm³/mol. The number of fused-ring (bicyclic) bond motifs is 7. The zero-order valence-electron chi connectivity index (χ0n) is 76.2. The molecule has 4 heterocycles. The standard InChI is InChI=1S/C105H107BN4/c1-99(2,3)73-52-70(53-74(59-73)100(4,5)6)69-48-50-86-91(56-69)109(98-84(68-40-29-24-30-41-68)63-78(104(16,17)18)64-85(98)88-44-35-47-95(107-88)105(19,20)21)93-57-72(71-54-75(101(7,8)9)60-76(55-71)102(10,11)12)58-94-96(93)106(86)87-51-49-79(108-89-45-33-31-42-80(89)81-43-32-34-46-90(81)108)65-92(87)110(94)97-82(66-36-25-22-26-37-66)61-77(103(13,14)15)62-83(97)67-38-27-23-28-39-67/h22-65H,1-21H3/i31D,32D,33D,34D,42D,43D,45D,46D. The summed E-state index contributed by atoms with van der Waals surface area (Å²) in [5, 5.41) is 0.0179. The van der Waals surface area contributed by atoms with Crippen molar-refractivity contribution in [3.05, 3.63) is 306 Å². The molecule has 2 aliphatic heterocycles. The van der Waals surface area contributed by atoms with Gasteiger partial charge in [0.15, 0.2) is 0 Å². The highest BCUT2D eigenvalue weighted by Gasteiger charge is 2.47. The van der Waals surface area contributed by atoms with E-state index in [0.29, 0.717) is 5.69 Å². The molecule has 14 aromatic rings. The molecule has 16 rings (SSSR count). The van der Waals surface area contributed by atoms with E-state index >= 15 is 0 Å². The van der Waals surface area contributed by atoms with E-state index in [0.717, 1.165) is 134 Å². The van der Waals surface area contributed by atoms with Gasteiger partial charge in [0.2, 0.25) is 0 Å². The van der Waals surface area contributed by atoms with E-state index in [1.165, 1.54) is 22.3 Å². The molecule has 0 radical (unpaired) electrons. The molecule has 110 heavy (non-hydrogen) atoms. The van der Waals surface area contributed by atoms with Crippen LogP contribution in [0, 0.1) is 0 Å². The second-order valence-corrected chi connectivity index (χ2v) is 38.0. The number of para-hydroxylation sites is 2. The summed E-state index contributed by atoms with van der Waals surface area (Å²) >= 11 is 0. The average Bonchev–Trinajstić information content (AvgIpc) is 0.868. The summed E-state index contributed by atoms with van der Waals surface area (Å²) in [4.78, 5) is 10.9. The van der Waals surface area contributed by atoms with Gasteiger partial charge in [-0.3, -0.25) is 4.98 Å². The van der Waals surface area contributed by atoms with E-state index in [4.69, 9.17) is 4.98 Å². The van der Waals surface area contributed by atoms with Crippen molar-refractivity contribution in [2.75, 3.05) is 9.80 Å². The van der Waals surface area contributed by atoms with E-state index < -0.39 is 43.0 Å². The van der Waals surface area contributed by atoms with E-state index in [1.807, 2.05) is 6.07 Å². The molecule has 2 aliphatic rings. The minimum atomic E-state index is -0.543. The number of pyridine rings is 1. The summed E-state index contributed by atoms with van der Waals surface area (Å²) < 4.78 is 78.2. The molecule has 2 aromatic heterocycles. The molecule has 0 atom stereocenters. The average molecular weight is 1440 g/mol. The molecule has 0 aliphatic carbocycles. The smallest absolute Gasteiger partial charge is 0.252 e. The normalized spacial score (nSPS) is 14.5. The lowest BCUT2D eigenvalue weighted by molar-refractivity contribution is 0.568. The molecule has 0 unspecified atom stereocenters. The monoisotopic (exact) mass is 1440 g/mol. The summed E-state index contributed by atoms with van der Waals surface area (Å²) in [5.41, 5.74) is 27.0. The van der Waals surface area contributed by atoms with Gasteiger partial charge in [-0.1, -0.05) is 333 Å². The van der Waals surface area contributed by atoms with Gasteiger partial charge in [-0.2, -0.15) is 0 Å². The Bertz CT molecular complexity index is 6250. The third-order valence-electron chi connectivity index (χ3n) is 22.8. The van der Waals surface area contributed by atoms with Crippen LogP contribution in [0.2, 0.25) is 0 Å². The number of aromatic nitrogens is 2. The zero-order valence-corrected chi connectivity index (χ0v) is 68.2. The first kappa shape index (κ1) is 64.1. The molecule has 0 amide bonds. The summed E-state index contributed by atoms with van der Waals surface area (Å²) in [6, 6.07) is 77.7. The number of nitrogens with zero attached hydrogens (tertiary/aromatic N) is 4. The maximum atomic E-state index is 9.99. The maximum absolute atomic E-state index is 9.99. The quantitative estimate of drug-likeness (QED) is 0.135. The summed E-state index contributed by atoms with van der Waals surface area (Å²) in [5.74, 6) is 0. The van der Waals surface area contributed by atoms with Gasteiger partial charge in [-0.25, -0.2) is 0 Å². The zero-order chi connectivity index (χ0) is 84.6. The van der Waals surface area contributed by atoms with Gasteiger partial charge >= 0.3 is 0 Å². The lowest BCUT2D eigenvalue weighted by atomic mass is 9.33. The van der Waals surface area contributed by atoms with Crippen LogP contribution in [0.15, 0.2) is 267 Å². The van der Waals surface area contributed by atoms with E-state index in [9.17, 15) is 11.0 Å². The van der Waals surface area contributed by atoms with Crippen LogP contribution >= 0.6 is 0 Å². The second-order valence-electron chi connectivity index (χ2n) is 38.0. The Morgan fingerprint density at radius 1 is 0.291 bits per heavy atom. The minimum Gasteiger partial charge on any atom is -0.310 e. The Morgan fingerprint density at radius 3 is 1.06 bits per heavy atom. The number of benzene rings is 12. The largest absolute Gasteiger partial charge is 0.310 e. The molecular formula is C105H107BN4. The fourth-order valence-corrected chi connectivity index (χ4v) is 16.3. The number of anilines is 6. The SMILES string of the molecule is [2H]c1c([2H])c([2H])c2c(c1[2H])c1c([2H])c([2H])c([2H])c([2H])c1n2-c1ccc2c(c1)N(c1c(-c3ccccc3)cc(C(C)(C)C)cc1-c1ccccc1)c1cc(-c3cc(C(C)(C)C)cc(C(C)(C)C)c3)cc3c1B2c1ccc(-c2cc(C(C)(C)C)cc(C(C)(C)C)c2)cc1N3c1c(-c2ccccc2)cc(C(C)(C)C)cc1-c1cccc(C(C)(C)C)n1. The lowest BCUT2D eigenvalue weighted by Gasteiger charge is -2.46. The first-order chi connectivity index (χ1) is 55.3. The van der Waals surface area contributed by atoms with Crippen LogP contribution in [0.3, 0.4) is 0 Å². The first-order valence-electron chi connectivity index (χ1n) is 43.2. The maximum Gasteiger partial charge on any atom is 0.252 e. The van der Waals surface area contributed by atoms with Crippen molar-refractivity contribution >= 4 is 79.0 Å². The van der Waals surface area contributed by atoms with Gasteiger partial charge in [-0.05, 0) is 200 Å². The van der Waals surface area contributed by atoms with Gasteiger partial charge in [0.1, 0.15) is 0 Å². The lowest BCUT2D eigenvalue weighted by Crippen LogP contribution is -2.61. The molecule has 0 saturated heterocycles. The Balaban J connectivity index is 1.18. The third kappa shape index (κ3) is 13.2. The first-order valence-corrected chi connectivity index (χ1v) is 39.2. The number of rotatable bonds is 9. The number of hydrogen-bond acceptors (Lipinski definition) is 3. The summed E-state index contributed by atoms with van der Waals surface area (Å²) in [6.45, 7) is 47.5. The van der Waals surface area contributed by atoms with Crippen molar-refractivity contribution < 1.29 is 11.0 Å². The molecule has 12 aromatic carbocycles. The third-order valence-corrected chi connectivity index (χ3v) is 22.8. The Kier molecular flexibility index (Phi) is 15.4. The van der Waals surface area contributed by atoms with Crippen LogP contribution < -0.4 is 26.2 Å². The van der Waals surface area contributed by atoms with Gasteiger partial charge in [-0.15, -0.1) is 0 Å². The van der Waals surface area contributed by atoms with Crippen molar-refractivity contribution in [2.45, 2.75) is 183 Å². The fraction of sp³-hybridized carbons (Fsp3) is 0.267. The molecule has 0 N–H and O–H groups in total. The van der Waals surface area contributed by atoms with Crippen LogP contribution in [0.5, 0.6) is 0 Å². The highest BCUT2D eigenvalue weighted by atomic mass is 15.2. The van der Waals surface area contributed by atoms with Gasteiger partial charge in [0, 0.05) is 72.6 Å². The minimum absolute atomic E-state index is 0.00897. The van der Waals surface area contributed by atoms with Crippen LogP contribution in [0.25, 0.3) is 94.4 Å². The van der Waals surface area contributed by atoms with Crippen molar-refractivity contribution in [1.29, 1.82) is 0 Å². The van der Waals surface area contributed by atoms with Crippen LogP contribution in [0.1, 0.15) is 195 Å². The molecule has 4 nitrogen and oxygen atoms in total. The van der Waals surface area contributed by atoms with Gasteiger partial charge in [0.25, 0.3) is 6.71 Å². The highest BCUT2D eigenvalue weighted by Crippen LogP contribution is 2.56. The predicted octanol–water partition coefficient (Wildman–Crippen LogP) is 27.3. The Hall–Kier alpha value is -10.7. The van der Waals surface area contributed by atoms with Crippen LogP contribution in [0.4, 0.5) is 34.1 Å². The molecule has 0 spiro atoms. The molecule has 550 valence electrons. The number of hydrogen-bond donors (Lipinski definition) is 0. The second kappa shape index (κ2) is 26.5. The topological polar surface area (TPSA) is 24.3 Å². The summed E-state index contributed by atoms with van der Waals surface area (Å²) in [6.07, 6.45) is 0. The van der Waals surface area contributed by atoms with Crippen molar-refractivity contribution in [2.24, 2.45) is 0 Å². The molecule has 0 fully saturated rings. The van der Waals surface area contributed by atoms with Crippen LogP contribution in [-0.4, -0.2) is 16.3 Å². The van der Waals surface area contributed by atoms with Crippen LogP contribution in [-0.2, 0) is 37.9 Å². The molecule has 5 heteroatoms. The highest BCUT2D eigenvalue weighted by molar-refractivity contribution is 7.00. The summed E-state index contributed by atoms with van der Waals surface area (Å²) in [7, 11) is 0. The molecular weight excluding hydrogens is 1330 g/mol. The molecule has 0 bridgehead atoms. The van der Waals surface area contributed by atoms with E-state index in [2.05, 4.69) is 368 Å². The van der Waals surface area contributed by atoms with Gasteiger partial charge in [0.05, 0.1) is 39.1 Å². The van der Waals surface area contributed by atoms with E-state index in [1.54, 1.807) is 4.57 Å². The van der Waals surface area contributed by atoms with Crippen molar-refractivity contribution in [3.63, 3.8) is 0 Å². The van der Waals surface area contributed by atoms with Crippen molar-refractivity contribution in [3.8, 4) is 72.6 Å². The van der Waals surface area contributed by atoms with E-state index in [-0.39, 0.29) is 71.8 Å². The Morgan fingerprint density at radius 2 is 0.645 bits per heavy atom. The Labute approximate surface area is 667 Å². The molecule has 0 saturated carbocycles. The fourth-order valence-electron chi connectivity index (χ4n) is 16.3. The van der Waals surface area contributed by atoms with Crippen molar-refractivity contribution in [1.82, 2.24) is 9.55 Å².